The highest BCUT2D eigenvalue weighted by molar-refractivity contribution is 9.10. The van der Waals surface area contributed by atoms with Crippen LogP contribution in [0.3, 0.4) is 0 Å². The fourth-order valence-corrected chi connectivity index (χ4v) is 3.77. The van der Waals surface area contributed by atoms with Gasteiger partial charge in [-0.2, -0.15) is 4.72 Å². The predicted molar refractivity (Wildman–Crippen MR) is 101 cm³/mol. The average Bonchev–Trinajstić information content (AvgIpc) is 3.15. The number of sulfonamides is 1. The van der Waals surface area contributed by atoms with Crippen LogP contribution in [0, 0.1) is 0 Å². The van der Waals surface area contributed by atoms with Gasteiger partial charge in [0.05, 0.1) is 4.90 Å². The molecule has 1 N–H and O–H groups in total. The summed E-state index contributed by atoms with van der Waals surface area (Å²) in [5, 5.41) is 3.92. The lowest BCUT2D eigenvalue weighted by Gasteiger charge is -2.07. The number of hydrogen-bond acceptors (Lipinski definition) is 6. The number of nitrogens with zero attached hydrogens (tertiary/aromatic N) is 1. The van der Waals surface area contributed by atoms with E-state index in [1.807, 2.05) is 30.3 Å². The molecule has 0 amide bonds. The molecule has 0 saturated carbocycles. The van der Waals surface area contributed by atoms with E-state index >= 15 is 0 Å². The summed E-state index contributed by atoms with van der Waals surface area (Å²) in [4.78, 5) is 11.9. The van der Waals surface area contributed by atoms with Crippen molar-refractivity contribution in [2.45, 2.75) is 11.5 Å². The molecule has 1 aromatic heterocycles. The van der Waals surface area contributed by atoms with E-state index in [0.29, 0.717) is 15.9 Å². The molecule has 0 spiro atoms. The fraction of sp³-hybridized carbons (Fsp3) is 0.111. The van der Waals surface area contributed by atoms with Gasteiger partial charge in [-0.25, -0.2) is 8.42 Å². The number of benzene rings is 2. The number of nitrogens with one attached hydrogen (secondary N) is 1. The van der Waals surface area contributed by atoms with Crippen LogP contribution in [0.4, 0.5) is 0 Å². The minimum atomic E-state index is -3.81. The van der Waals surface area contributed by atoms with Crippen molar-refractivity contribution in [1.82, 2.24) is 9.88 Å². The number of aromatic nitrogens is 1. The molecular formula is C18H15BrN2O5S. The second-order valence-corrected chi connectivity index (χ2v) is 8.17. The Kier molecular flexibility index (Phi) is 6.04. The van der Waals surface area contributed by atoms with Gasteiger partial charge in [0.15, 0.2) is 12.4 Å². The maximum absolute atomic E-state index is 12.2. The molecule has 0 aliphatic rings. The molecule has 9 heteroatoms. The number of rotatable bonds is 7. The normalized spacial score (nSPS) is 11.3. The summed E-state index contributed by atoms with van der Waals surface area (Å²) in [6.45, 7) is -0.633. The van der Waals surface area contributed by atoms with Crippen molar-refractivity contribution in [1.29, 1.82) is 0 Å². The lowest BCUT2D eigenvalue weighted by Crippen LogP contribution is -2.30. The van der Waals surface area contributed by atoms with Gasteiger partial charge in [0, 0.05) is 16.1 Å². The Hall–Kier alpha value is -2.49. The Balaban J connectivity index is 1.52. The third-order valence-electron chi connectivity index (χ3n) is 3.52. The first-order valence-corrected chi connectivity index (χ1v) is 10.1. The van der Waals surface area contributed by atoms with Crippen molar-refractivity contribution in [3.8, 4) is 11.3 Å². The van der Waals surface area contributed by atoms with Crippen LogP contribution >= 0.6 is 15.9 Å². The van der Waals surface area contributed by atoms with Crippen molar-refractivity contribution in [3.63, 3.8) is 0 Å². The molecule has 2 aromatic carbocycles. The maximum atomic E-state index is 12.2. The summed E-state index contributed by atoms with van der Waals surface area (Å²) in [6.07, 6.45) is 0. The number of ether oxygens (including phenoxy) is 1. The average molecular weight is 451 g/mol. The smallest absolute Gasteiger partial charge is 0.321 e. The molecular weight excluding hydrogens is 436 g/mol. The van der Waals surface area contributed by atoms with Gasteiger partial charge < -0.3 is 9.26 Å². The van der Waals surface area contributed by atoms with E-state index in [-0.39, 0.29) is 11.5 Å². The summed E-state index contributed by atoms with van der Waals surface area (Å²) in [6, 6.07) is 17.2. The quantitative estimate of drug-likeness (QED) is 0.555. The molecule has 0 saturated heterocycles. The molecule has 3 aromatic rings. The molecule has 27 heavy (non-hydrogen) atoms. The highest BCUT2D eigenvalue weighted by Crippen LogP contribution is 2.19. The number of carbonyl (C=O) groups excluding carboxylic acids is 1. The van der Waals surface area contributed by atoms with E-state index in [9.17, 15) is 13.2 Å². The lowest BCUT2D eigenvalue weighted by atomic mass is 10.1. The van der Waals surface area contributed by atoms with Crippen LogP contribution in [0.25, 0.3) is 11.3 Å². The molecule has 1 heterocycles. The van der Waals surface area contributed by atoms with Crippen LogP contribution in [-0.2, 0) is 26.2 Å². The van der Waals surface area contributed by atoms with Crippen LogP contribution in [0.15, 0.2) is 74.6 Å². The number of esters is 1. The van der Waals surface area contributed by atoms with E-state index in [1.54, 1.807) is 18.2 Å². The standard InChI is InChI=1S/C18H15BrN2O5S/c19-14-7-4-8-16(9-14)27(23,24)20-11-18(22)25-12-15-10-17(21-26-15)13-5-2-1-3-6-13/h1-10,20H,11-12H2. The van der Waals surface area contributed by atoms with Gasteiger partial charge in [0.2, 0.25) is 10.0 Å². The maximum Gasteiger partial charge on any atom is 0.321 e. The monoisotopic (exact) mass is 450 g/mol. The number of hydrogen-bond donors (Lipinski definition) is 1. The number of halogens is 1. The molecule has 0 radical (unpaired) electrons. The molecule has 0 atom stereocenters. The van der Waals surface area contributed by atoms with Gasteiger partial charge >= 0.3 is 5.97 Å². The first kappa shape index (κ1) is 19.3. The summed E-state index contributed by atoms with van der Waals surface area (Å²) >= 11 is 3.20. The molecule has 0 bridgehead atoms. The zero-order valence-corrected chi connectivity index (χ0v) is 16.4. The highest BCUT2D eigenvalue weighted by Gasteiger charge is 2.17. The number of carbonyl (C=O) groups is 1. The van der Waals surface area contributed by atoms with Crippen molar-refractivity contribution in [3.05, 3.63) is 70.9 Å². The molecule has 0 aliphatic heterocycles. The van der Waals surface area contributed by atoms with Gasteiger partial charge in [0.25, 0.3) is 0 Å². The van der Waals surface area contributed by atoms with Gasteiger partial charge in [-0.05, 0) is 18.2 Å². The molecule has 3 rings (SSSR count). The SMILES string of the molecule is O=C(CNS(=O)(=O)c1cccc(Br)c1)OCc1cc(-c2ccccc2)no1. The molecule has 140 valence electrons. The van der Waals surface area contributed by atoms with Crippen LogP contribution in [0.1, 0.15) is 5.76 Å². The van der Waals surface area contributed by atoms with Gasteiger partial charge in [-0.1, -0.05) is 57.5 Å². The third-order valence-corrected chi connectivity index (χ3v) is 5.41. The van der Waals surface area contributed by atoms with E-state index in [2.05, 4.69) is 25.8 Å². The second kappa shape index (κ2) is 8.47. The predicted octanol–water partition coefficient (Wildman–Crippen LogP) is 3.13. The zero-order valence-electron chi connectivity index (χ0n) is 14.0. The summed E-state index contributed by atoms with van der Waals surface area (Å²) in [5.41, 5.74) is 1.50. The summed E-state index contributed by atoms with van der Waals surface area (Å²) in [7, 11) is -3.81. The van der Waals surface area contributed by atoms with Crippen molar-refractivity contribution in [2.75, 3.05) is 6.54 Å². The van der Waals surface area contributed by atoms with Crippen molar-refractivity contribution in [2.24, 2.45) is 0 Å². The van der Waals surface area contributed by atoms with Crippen LogP contribution < -0.4 is 4.72 Å². The molecule has 7 nitrogen and oxygen atoms in total. The zero-order chi connectivity index (χ0) is 19.3. The minimum Gasteiger partial charge on any atom is -0.456 e. The first-order chi connectivity index (χ1) is 12.9. The Bertz CT molecular complexity index is 1030. The summed E-state index contributed by atoms with van der Waals surface area (Å²) < 4.78 is 37.3. The fourth-order valence-electron chi connectivity index (χ4n) is 2.20. The Morgan fingerprint density at radius 2 is 1.89 bits per heavy atom. The second-order valence-electron chi connectivity index (χ2n) is 5.49. The Labute approximate surface area is 164 Å². The van der Waals surface area contributed by atoms with Gasteiger partial charge in [-0.15, -0.1) is 0 Å². The Morgan fingerprint density at radius 1 is 1.11 bits per heavy atom. The van der Waals surface area contributed by atoms with Crippen LogP contribution in [-0.4, -0.2) is 26.1 Å². The Morgan fingerprint density at radius 3 is 2.63 bits per heavy atom. The molecule has 0 unspecified atom stereocenters. The van der Waals surface area contributed by atoms with Gasteiger partial charge in [-0.3, -0.25) is 4.79 Å². The van der Waals surface area contributed by atoms with Crippen LogP contribution in [0.2, 0.25) is 0 Å². The largest absolute Gasteiger partial charge is 0.456 e. The van der Waals surface area contributed by atoms with Crippen molar-refractivity contribution < 1.29 is 22.5 Å². The summed E-state index contributed by atoms with van der Waals surface area (Å²) in [5.74, 6) is -0.372. The lowest BCUT2D eigenvalue weighted by molar-refractivity contribution is -0.144. The van der Waals surface area contributed by atoms with E-state index < -0.39 is 22.5 Å². The molecule has 0 aliphatic carbocycles. The minimum absolute atomic E-state index is 0.0485. The van der Waals surface area contributed by atoms with Gasteiger partial charge in [0.1, 0.15) is 12.2 Å². The first-order valence-electron chi connectivity index (χ1n) is 7.86. The van der Waals surface area contributed by atoms with E-state index in [4.69, 9.17) is 9.26 Å². The molecule has 0 fully saturated rings. The topological polar surface area (TPSA) is 98.5 Å². The van der Waals surface area contributed by atoms with Crippen molar-refractivity contribution >= 4 is 31.9 Å². The third kappa shape index (κ3) is 5.25. The highest BCUT2D eigenvalue weighted by atomic mass is 79.9. The van der Waals surface area contributed by atoms with Crippen LogP contribution in [0.5, 0.6) is 0 Å². The van der Waals surface area contributed by atoms with E-state index in [1.165, 1.54) is 12.1 Å². The van der Waals surface area contributed by atoms with E-state index in [0.717, 1.165) is 5.56 Å².